The number of ether oxygens (including phenoxy) is 1. The van der Waals surface area contributed by atoms with Gasteiger partial charge in [-0.1, -0.05) is 11.8 Å². The lowest BCUT2D eigenvalue weighted by molar-refractivity contribution is -0.119. The Morgan fingerprint density at radius 1 is 1.20 bits per heavy atom. The molecule has 1 heterocycles. The molecule has 2 rings (SSSR count). The summed E-state index contributed by atoms with van der Waals surface area (Å²) in [4.78, 5) is 23.7. The average Bonchev–Trinajstić information content (AvgIpc) is 3.02. The number of carbonyl (C=O) groups is 2. The summed E-state index contributed by atoms with van der Waals surface area (Å²) in [5, 5.41) is 16.3. The zero-order valence-electron chi connectivity index (χ0n) is 14.4. The first-order chi connectivity index (χ1) is 11.9. The van der Waals surface area contributed by atoms with Crippen LogP contribution < -0.4 is 15.4 Å². The molecule has 1 aromatic carbocycles. The second-order valence-electron chi connectivity index (χ2n) is 5.45. The van der Waals surface area contributed by atoms with Gasteiger partial charge in [0, 0.05) is 6.04 Å². The molecule has 10 heteroatoms. The zero-order chi connectivity index (χ0) is 18.4. The normalized spacial score (nSPS) is 11.9. The van der Waals surface area contributed by atoms with Gasteiger partial charge in [-0.15, -0.1) is 5.10 Å². The fraction of sp³-hybridized carbons (Fsp3) is 0.400. The maximum Gasteiger partial charge on any atom is 0.321 e. The molecule has 0 aliphatic heterocycles. The molecule has 0 aliphatic carbocycles. The van der Waals surface area contributed by atoms with Gasteiger partial charge in [0.15, 0.2) is 0 Å². The number of carbonyl (C=O) groups excluding carboxylic acids is 2. The molecule has 9 nitrogen and oxygen atoms in total. The van der Waals surface area contributed by atoms with E-state index in [2.05, 4.69) is 26.2 Å². The van der Waals surface area contributed by atoms with Gasteiger partial charge < -0.3 is 10.1 Å². The molecule has 3 amide bonds. The van der Waals surface area contributed by atoms with Crippen molar-refractivity contribution in [1.29, 1.82) is 0 Å². The number of nitrogens with zero attached hydrogens (tertiary/aromatic N) is 4. The minimum absolute atomic E-state index is 0.0573. The highest BCUT2D eigenvalue weighted by Crippen LogP contribution is 2.23. The summed E-state index contributed by atoms with van der Waals surface area (Å²) in [6.07, 6.45) is 0. The number of hydrogen-bond donors (Lipinski definition) is 2. The van der Waals surface area contributed by atoms with Gasteiger partial charge >= 0.3 is 6.03 Å². The van der Waals surface area contributed by atoms with Gasteiger partial charge in [0.25, 0.3) is 0 Å². The molecule has 0 saturated carbocycles. The second kappa shape index (κ2) is 8.47. The monoisotopic (exact) mass is 364 g/mol. The van der Waals surface area contributed by atoms with Crippen LogP contribution in [0.15, 0.2) is 29.4 Å². The number of rotatable bonds is 6. The number of hydrogen-bond acceptors (Lipinski definition) is 7. The zero-order valence-corrected chi connectivity index (χ0v) is 15.2. The minimum atomic E-state index is -0.555. The third-order valence-corrected chi connectivity index (χ3v) is 4.10. The standard InChI is InChI=1S/C15H20N6O3S/c1-9(2)16-14(23)17-13(22)10(3)25-15-18-19-20-21(15)11-5-7-12(24-4)8-6-11/h5-10H,1-4H3,(H2,16,17,22,23)/t10-/m1/s1. The van der Waals surface area contributed by atoms with E-state index in [4.69, 9.17) is 4.74 Å². The Labute approximate surface area is 149 Å². The van der Waals surface area contributed by atoms with Gasteiger partial charge in [-0.05, 0) is 55.5 Å². The number of aromatic nitrogens is 4. The van der Waals surface area contributed by atoms with Crippen LogP contribution in [0.1, 0.15) is 20.8 Å². The van der Waals surface area contributed by atoms with E-state index in [9.17, 15) is 9.59 Å². The van der Waals surface area contributed by atoms with Crippen LogP contribution in [0.25, 0.3) is 5.69 Å². The molecule has 0 radical (unpaired) electrons. The van der Waals surface area contributed by atoms with Crippen LogP contribution in [-0.2, 0) is 4.79 Å². The highest BCUT2D eigenvalue weighted by atomic mass is 32.2. The molecule has 2 N–H and O–H groups in total. The second-order valence-corrected chi connectivity index (χ2v) is 6.76. The van der Waals surface area contributed by atoms with E-state index < -0.39 is 17.2 Å². The first-order valence-electron chi connectivity index (χ1n) is 7.61. The molecule has 25 heavy (non-hydrogen) atoms. The third-order valence-electron chi connectivity index (χ3n) is 3.07. The van der Waals surface area contributed by atoms with E-state index in [0.29, 0.717) is 5.16 Å². The van der Waals surface area contributed by atoms with Crippen LogP contribution in [0.2, 0.25) is 0 Å². The summed E-state index contributed by atoms with van der Waals surface area (Å²) >= 11 is 1.15. The molecule has 134 valence electrons. The van der Waals surface area contributed by atoms with Crippen molar-refractivity contribution < 1.29 is 14.3 Å². The Morgan fingerprint density at radius 2 is 1.88 bits per heavy atom. The fourth-order valence-corrected chi connectivity index (χ4v) is 2.67. The van der Waals surface area contributed by atoms with Crippen LogP contribution in [0.3, 0.4) is 0 Å². The van der Waals surface area contributed by atoms with Crippen LogP contribution >= 0.6 is 11.8 Å². The largest absolute Gasteiger partial charge is 0.497 e. The number of thioether (sulfide) groups is 1. The number of amides is 3. The number of benzene rings is 1. The Kier molecular flexibility index (Phi) is 6.34. The molecular formula is C15H20N6O3S. The maximum absolute atomic E-state index is 12.1. The smallest absolute Gasteiger partial charge is 0.321 e. The lowest BCUT2D eigenvalue weighted by Crippen LogP contribution is -2.45. The van der Waals surface area contributed by atoms with Gasteiger partial charge in [0.2, 0.25) is 11.1 Å². The van der Waals surface area contributed by atoms with Gasteiger partial charge in [0.1, 0.15) is 5.75 Å². The van der Waals surface area contributed by atoms with Crippen LogP contribution in [0.4, 0.5) is 4.79 Å². The molecule has 2 aromatic rings. The number of imide groups is 1. The first kappa shape index (κ1) is 18.7. The van der Waals surface area contributed by atoms with Gasteiger partial charge in [-0.3, -0.25) is 10.1 Å². The molecule has 0 bridgehead atoms. The summed E-state index contributed by atoms with van der Waals surface area (Å²) in [5.41, 5.74) is 0.735. The quantitative estimate of drug-likeness (QED) is 0.745. The SMILES string of the molecule is COc1ccc(-n2nnnc2S[C@H](C)C(=O)NC(=O)NC(C)C)cc1. The minimum Gasteiger partial charge on any atom is -0.497 e. The molecule has 0 aliphatic rings. The van der Waals surface area contributed by atoms with E-state index in [1.165, 1.54) is 4.68 Å². The summed E-state index contributed by atoms with van der Waals surface area (Å²) in [6, 6.07) is 6.61. The van der Waals surface area contributed by atoms with Crippen LogP contribution in [0.5, 0.6) is 5.75 Å². The number of methoxy groups -OCH3 is 1. The Bertz CT molecular complexity index is 731. The van der Waals surface area contributed by atoms with Crippen molar-refractivity contribution in [3.8, 4) is 11.4 Å². The molecule has 0 unspecified atom stereocenters. The van der Waals surface area contributed by atoms with E-state index in [1.54, 1.807) is 38.3 Å². The third kappa shape index (κ3) is 5.18. The number of tetrazole rings is 1. The van der Waals surface area contributed by atoms with Crippen molar-refractivity contribution >= 4 is 23.7 Å². The summed E-state index contributed by atoms with van der Waals surface area (Å²) in [7, 11) is 1.59. The van der Waals surface area contributed by atoms with Crippen LogP contribution in [-0.4, -0.2) is 50.5 Å². The van der Waals surface area contributed by atoms with Crippen molar-refractivity contribution in [2.45, 2.75) is 37.2 Å². The van der Waals surface area contributed by atoms with Crippen molar-refractivity contribution in [3.63, 3.8) is 0 Å². The summed E-state index contributed by atoms with van der Waals surface area (Å²) < 4.78 is 6.64. The lowest BCUT2D eigenvalue weighted by Gasteiger charge is -2.13. The summed E-state index contributed by atoms with van der Waals surface area (Å²) in [6.45, 7) is 5.30. The van der Waals surface area contributed by atoms with Crippen molar-refractivity contribution in [3.05, 3.63) is 24.3 Å². The fourth-order valence-electron chi connectivity index (χ4n) is 1.86. The highest BCUT2D eigenvalue weighted by molar-refractivity contribution is 8.00. The van der Waals surface area contributed by atoms with E-state index >= 15 is 0 Å². The van der Waals surface area contributed by atoms with E-state index in [0.717, 1.165) is 23.2 Å². The molecule has 1 aromatic heterocycles. The molecule has 1 atom stereocenters. The van der Waals surface area contributed by atoms with Gasteiger partial charge in [-0.25, -0.2) is 4.79 Å². The predicted octanol–water partition coefficient (Wildman–Crippen LogP) is 1.39. The highest BCUT2D eigenvalue weighted by Gasteiger charge is 2.21. The predicted molar refractivity (Wildman–Crippen MR) is 92.8 cm³/mol. The molecule has 0 spiro atoms. The van der Waals surface area contributed by atoms with Gasteiger partial charge in [0.05, 0.1) is 18.0 Å². The van der Waals surface area contributed by atoms with Gasteiger partial charge in [-0.2, -0.15) is 4.68 Å². The molecular weight excluding hydrogens is 344 g/mol. The maximum atomic E-state index is 12.1. The van der Waals surface area contributed by atoms with Crippen molar-refractivity contribution in [2.75, 3.05) is 7.11 Å². The number of nitrogens with one attached hydrogen (secondary N) is 2. The topological polar surface area (TPSA) is 111 Å². The molecule has 0 saturated heterocycles. The van der Waals surface area contributed by atoms with Crippen molar-refractivity contribution in [2.24, 2.45) is 0 Å². The van der Waals surface area contributed by atoms with Crippen molar-refractivity contribution in [1.82, 2.24) is 30.8 Å². The summed E-state index contributed by atoms with van der Waals surface area (Å²) in [5.74, 6) is 0.294. The lowest BCUT2D eigenvalue weighted by atomic mass is 10.3. The van der Waals surface area contributed by atoms with E-state index in [1.807, 2.05) is 13.8 Å². The number of urea groups is 1. The first-order valence-corrected chi connectivity index (χ1v) is 8.49. The average molecular weight is 364 g/mol. The molecule has 0 fully saturated rings. The van der Waals surface area contributed by atoms with Crippen LogP contribution in [0, 0.1) is 0 Å². The van der Waals surface area contributed by atoms with E-state index in [-0.39, 0.29) is 6.04 Å². The Balaban J connectivity index is 2.04. The Hall–Kier alpha value is -2.62. The Morgan fingerprint density at radius 3 is 2.48 bits per heavy atom.